The maximum atomic E-state index is 10.4. The van der Waals surface area contributed by atoms with Gasteiger partial charge in [-0.25, -0.2) is 0 Å². The molecule has 0 aromatic heterocycles. The fourth-order valence-corrected chi connectivity index (χ4v) is 1.05. The molecule has 0 amide bonds. The molecule has 0 aliphatic carbocycles. The summed E-state index contributed by atoms with van der Waals surface area (Å²) in [6.07, 6.45) is 0. The average Bonchev–Trinajstić information content (AvgIpc) is 1.84. The van der Waals surface area contributed by atoms with Gasteiger partial charge in [0.15, 0.2) is 0 Å². The monoisotopic (exact) mass is 170 g/mol. The predicted molar refractivity (Wildman–Crippen MR) is 36.5 cm³/mol. The van der Waals surface area contributed by atoms with Gasteiger partial charge in [-0.15, -0.1) is 0 Å². The van der Waals surface area contributed by atoms with Gasteiger partial charge in [-0.2, -0.15) is 12.6 Å². The molecule has 0 aromatic rings. The van der Waals surface area contributed by atoms with Gasteiger partial charge >= 0.3 is 0 Å². The Hall–Kier alpha value is 0.460. The third-order valence-electron chi connectivity index (χ3n) is 0.658. The zero-order valence-electron chi connectivity index (χ0n) is 5.03. The predicted octanol–water partition coefficient (Wildman–Crippen LogP) is -0.379. The van der Waals surface area contributed by atoms with Crippen molar-refractivity contribution in [2.45, 2.75) is 0 Å². The van der Waals surface area contributed by atoms with Crippen LogP contribution in [0.25, 0.3) is 0 Å². The Morgan fingerprint density at radius 2 is 2.44 bits per heavy atom. The van der Waals surface area contributed by atoms with E-state index in [2.05, 4.69) is 22.2 Å². The van der Waals surface area contributed by atoms with Crippen LogP contribution < -0.4 is 9.98 Å². The summed E-state index contributed by atoms with van der Waals surface area (Å²) in [4.78, 5) is 10.4. The lowest BCUT2D eigenvalue weighted by atomic mass is 10.8. The molecule has 0 rings (SSSR count). The topological polar surface area (TPSA) is 61.4 Å². The Labute approximate surface area is 59.6 Å². The molecule has 0 spiro atoms. The SMILES string of the molecule is COP(=O)([O-])NCCS. The van der Waals surface area contributed by atoms with Crippen LogP contribution in [0.3, 0.4) is 0 Å². The van der Waals surface area contributed by atoms with Gasteiger partial charge in [0.25, 0.3) is 0 Å². The van der Waals surface area contributed by atoms with Crippen molar-refractivity contribution in [1.82, 2.24) is 5.09 Å². The summed E-state index contributed by atoms with van der Waals surface area (Å²) in [5.74, 6) is 0.468. The molecule has 0 aliphatic heterocycles. The Kier molecular flexibility index (Phi) is 4.52. The van der Waals surface area contributed by atoms with Gasteiger partial charge in [0, 0.05) is 19.4 Å². The van der Waals surface area contributed by atoms with Gasteiger partial charge in [-0.05, 0) is 0 Å². The Morgan fingerprint density at radius 3 is 2.78 bits per heavy atom. The highest BCUT2D eigenvalue weighted by Gasteiger charge is 2.00. The molecule has 1 atom stereocenters. The van der Waals surface area contributed by atoms with Crippen LogP contribution in [0.5, 0.6) is 0 Å². The highest BCUT2D eigenvalue weighted by atomic mass is 32.1. The van der Waals surface area contributed by atoms with Crippen LogP contribution in [0.15, 0.2) is 0 Å². The van der Waals surface area contributed by atoms with Crippen LogP contribution in [0.1, 0.15) is 0 Å². The Bertz CT molecular complexity index is 120. The summed E-state index contributed by atoms with van der Waals surface area (Å²) >= 11 is 3.79. The van der Waals surface area contributed by atoms with E-state index in [-0.39, 0.29) is 0 Å². The lowest BCUT2D eigenvalue weighted by Gasteiger charge is -2.20. The lowest BCUT2D eigenvalue weighted by molar-refractivity contribution is -0.199. The average molecular weight is 170 g/mol. The lowest BCUT2D eigenvalue weighted by Crippen LogP contribution is -2.21. The molecule has 1 unspecified atom stereocenters. The highest BCUT2D eigenvalue weighted by Crippen LogP contribution is 2.28. The van der Waals surface area contributed by atoms with Crippen LogP contribution in [-0.4, -0.2) is 19.4 Å². The Morgan fingerprint density at radius 1 is 1.89 bits per heavy atom. The molecule has 0 bridgehead atoms. The fraction of sp³-hybridized carbons (Fsp3) is 1.00. The van der Waals surface area contributed by atoms with Crippen molar-refractivity contribution in [2.75, 3.05) is 19.4 Å². The quantitative estimate of drug-likeness (QED) is 0.446. The van der Waals surface area contributed by atoms with Crippen molar-refractivity contribution in [3.05, 3.63) is 0 Å². The van der Waals surface area contributed by atoms with E-state index in [4.69, 9.17) is 0 Å². The van der Waals surface area contributed by atoms with Crippen LogP contribution in [0, 0.1) is 0 Å². The molecule has 0 saturated carbocycles. The smallest absolute Gasteiger partial charge is 0.204 e. The van der Waals surface area contributed by atoms with Crippen molar-refractivity contribution < 1.29 is 14.0 Å². The van der Waals surface area contributed by atoms with E-state index in [1.54, 1.807) is 0 Å². The minimum Gasteiger partial charge on any atom is -0.766 e. The van der Waals surface area contributed by atoms with Crippen molar-refractivity contribution in [3.8, 4) is 0 Å². The normalized spacial score (nSPS) is 17.2. The molecule has 0 heterocycles. The van der Waals surface area contributed by atoms with E-state index in [0.717, 1.165) is 7.11 Å². The van der Waals surface area contributed by atoms with Crippen molar-refractivity contribution in [1.29, 1.82) is 0 Å². The molecule has 56 valence electrons. The third-order valence-corrected chi connectivity index (χ3v) is 1.97. The van der Waals surface area contributed by atoms with Gasteiger partial charge in [0.05, 0.1) is 0 Å². The maximum absolute atomic E-state index is 10.4. The second kappa shape index (κ2) is 4.30. The summed E-state index contributed by atoms with van der Waals surface area (Å²) in [6, 6.07) is 0. The van der Waals surface area contributed by atoms with Gasteiger partial charge in [-0.1, -0.05) is 0 Å². The van der Waals surface area contributed by atoms with Crippen molar-refractivity contribution in [2.24, 2.45) is 0 Å². The molecule has 0 saturated heterocycles. The van der Waals surface area contributed by atoms with Gasteiger partial charge < -0.3 is 9.42 Å². The van der Waals surface area contributed by atoms with E-state index in [9.17, 15) is 9.46 Å². The minimum absolute atomic E-state index is 0.303. The molecule has 4 nitrogen and oxygen atoms in total. The van der Waals surface area contributed by atoms with Gasteiger partial charge in [-0.3, -0.25) is 9.65 Å². The number of nitrogens with one attached hydrogen (secondary N) is 1. The molecule has 0 aliphatic rings. The van der Waals surface area contributed by atoms with Crippen LogP contribution >= 0.6 is 20.4 Å². The molecule has 0 aromatic carbocycles. The van der Waals surface area contributed by atoms with Crippen LogP contribution in [0.4, 0.5) is 0 Å². The summed E-state index contributed by atoms with van der Waals surface area (Å²) < 4.78 is 14.5. The number of rotatable bonds is 4. The number of thiol groups is 1. The molecule has 0 radical (unpaired) electrons. The first-order valence-electron chi connectivity index (χ1n) is 2.35. The fourth-order valence-electron chi connectivity index (χ4n) is 0.251. The molecule has 0 fully saturated rings. The first-order chi connectivity index (χ1) is 4.12. The van der Waals surface area contributed by atoms with Crippen molar-refractivity contribution in [3.63, 3.8) is 0 Å². The first kappa shape index (κ1) is 9.46. The van der Waals surface area contributed by atoms with E-state index >= 15 is 0 Å². The number of hydrogen-bond acceptors (Lipinski definition) is 4. The van der Waals surface area contributed by atoms with Crippen LogP contribution in [-0.2, 0) is 9.09 Å². The summed E-state index contributed by atoms with van der Waals surface area (Å²) in [5, 5.41) is 2.16. The van der Waals surface area contributed by atoms with Gasteiger partial charge in [0.1, 0.15) is 0 Å². The van der Waals surface area contributed by atoms with Crippen molar-refractivity contribution >= 4 is 20.4 Å². The van der Waals surface area contributed by atoms with Gasteiger partial charge in [0.2, 0.25) is 7.75 Å². The number of hydrogen-bond donors (Lipinski definition) is 2. The summed E-state index contributed by atoms with van der Waals surface area (Å²) in [5.41, 5.74) is 0. The second-order valence-electron chi connectivity index (χ2n) is 1.31. The Balaban J connectivity index is 3.46. The first-order valence-corrected chi connectivity index (χ1v) is 4.52. The maximum Gasteiger partial charge on any atom is 0.204 e. The third kappa shape index (κ3) is 4.93. The second-order valence-corrected chi connectivity index (χ2v) is 3.44. The molecule has 1 N–H and O–H groups in total. The standard InChI is InChI=1S/C3H10NO3PS/c1-7-8(5,6)4-2-3-9/h9H,2-3H2,1H3,(H2,4,5,6)/p-1. The van der Waals surface area contributed by atoms with E-state index in [1.165, 1.54) is 0 Å². The zero-order valence-corrected chi connectivity index (χ0v) is 6.82. The summed E-state index contributed by atoms with van der Waals surface area (Å²) in [7, 11) is -2.63. The molecular formula is C3H9NO3PS-. The molecular weight excluding hydrogens is 161 g/mol. The minimum atomic E-state index is -3.74. The summed E-state index contributed by atoms with van der Waals surface area (Å²) in [6.45, 7) is 0.303. The van der Waals surface area contributed by atoms with E-state index < -0.39 is 7.75 Å². The molecule has 9 heavy (non-hydrogen) atoms. The zero-order chi connectivity index (χ0) is 7.33. The van der Waals surface area contributed by atoms with E-state index in [0.29, 0.717) is 12.3 Å². The van der Waals surface area contributed by atoms with Crippen LogP contribution in [0.2, 0.25) is 0 Å². The van der Waals surface area contributed by atoms with E-state index in [1.807, 2.05) is 0 Å². The largest absolute Gasteiger partial charge is 0.766 e. The molecule has 6 heteroatoms. The highest BCUT2D eigenvalue weighted by molar-refractivity contribution is 7.80.